The molecule has 0 aliphatic carbocycles. The summed E-state index contributed by atoms with van der Waals surface area (Å²) < 4.78 is 32.1. The van der Waals surface area contributed by atoms with Gasteiger partial charge in [-0.2, -0.15) is 0 Å². The fourth-order valence-electron chi connectivity index (χ4n) is 2.17. The molecule has 21 heavy (non-hydrogen) atoms. The number of benzene rings is 1. The second-order valence-electron chi connectivity index (χ2n) is 5.24. The van der Waals surface area contributed by atoms with Crippen LogP contribution in [0.3, 0.4) is 0 Å². The van der Waals surface area contributed by atoms with E-state index in [9.17, 15) is 13.2 Å². The first-order chi connectivity index (χ1) is 9.81. The average molecular weight is 312 g/mol. The minimum atomic E-state index is -3.57. The van der Waals surface area contributed by atoms with Crippen LogP contribution < -0.4 is 9.62 Å². The predicted molar refractivity (Wildman–Crippen MR) is 79.8 cm³/mol. The standard InChI is InChI=1S/C14H20N2O4S/c1-10(2)20-7-6-15-21(18,19)12-4-5-13-11(8-12)9-14(17)16(13)3/h4-5,8,10,15H,6-7,9H2,1-3H3. The molecule has 1 aliphatic heterocycles. The number of fused-ring (bicyclic) bond motifs is 1. The van der Waals surface area contributed by atoms with Crippen LogP contribution in [-0.2, 0) is 26.0 Å². The molecule has 6 nitrogen and oxygen atoms in total. The topological polar surface area (TPSA) is 75.7 Å². The van der Waals surface area contributed by atoms with E-state index < -0.39 is 10.0 Å². The second-order valence-corrected chi connectivity index (χ2v) is 7.00. The summed E-state index contributed by atoms with van der Waals surface area (Å²) in [7, 11) is -1.89. The minimum Gasteiger partial charge on any atom is -0.377 e. The molecule has 0 atom stereocenters. The fraction of sp³-hybridized carbons (Fsp3) is 0.500. The highest BCUT2D eigenvalue weighted by atomic mass is 32.2. The first-order valence-corrected chi connectivity index (χ1v) is 8.30. The summed E-state index contributed by atoms with van der Waals surface area (Å²) in [4.78, 5) is 13.3. The third kappa shape index (κ3) is 3.61. The van der Waals surface area contributed by atoms with Crippen molar-refractivity contribution in [3.63, 3.8) is 0 Å². The number of anilines is 1. The van der Waals surface area contributed by atoms with E-state index in [2.05, 4.69) is 4.72 Å². The monoisotopic (exact) mass is 312 g/mol. The number of nitrogens with zero attached hydrogens (tertiary/aromatic N) is 1. The first kappa shape index (κ1) is 15.9. The minimum absolute atomic E-state index is 0.0298. The summed E-state index contributed by atoms with van der Waals surface area (Å²) in [6.07, 6.45) is 0.308. The van der Waals surface area contributed by atoms with Crippen LogP contribution in [0.15, 0.2) is 23.1 Å². The van der Waals surface area contributed by atoms with Gasteiger partial charge in [-0.15, -0.1) is 0 Å². The van der Waals surface area contributed by atoms with Crippen LogP contribution in [0.5, 0.6) is 0 Å². The summed E-state index contributed by atoms with van der Waals surface area (Å²) in [5.41, 5.74) is 1.51. The number of nitrogens with one attached hydrogen (secondary N) is 1. The number of amides is 1. The van der Waals surface area contributed by atoms with E-state index in [4.69, 9.17) is 4.74 Å². The number of rotatable bonds is 6. The Morgan fingerprint density at radius 3 is 2.76 bits per heavy atom. The Bertz CT molecular complexity index is 640. The fourth-order valence-corrected chi connectivity index (χ4v) is 3.23. The second kappa shape index (κ2) is 6.13. The highest BCUT2D eigenvalue weighted by Gasteiger charge is 2.26. The maximum Gasteiger partial charge on any atom is 0.240 e. The van der Waals surface area contributed by atoms with E-state index in [1.54, 1.807) is 19.2 Å². The lowest BCUT2D eigenvalue weighted by molar-refractivity contribution is -0.117. The van der Waals surface area contributed by atoms with Crippen LogP contribution in [0, 0.1) is 0 Å². The zero-order chi connectivity index (χ0) is 15.6. The van der Waals surface area contributed by atoms with Gasteiger partial charge >= 0.3 is 0 Å². The Morgan fingerprint density at radius 1 is 1.38 bits per heavy atom. The van der Waals surface area contributed by atoms with Crippen molar-refractivity contribution in [2.24, 2.45) is 0 Å². The van der Waals surface area contributed by atoms with E-state index >= 15 is 0 Å². The Labute approximate surface area is 125 Å². The SMILES string of the molecule is CC(C)OCCNS(=O)(=O)c1ccc2c(c1)CC(=O)N2C. The largest absolute Gasteiger partial charge is 0.377 e. The molecule has 7 heteroatoms. The quantitative estimate of drug-likeness (QED) is 0.792. The Kier molecular flexibility index (Phi) is 4.65. The van der Waals surface area contributed by atoms with Crippen molar-refractivity contribution in [1.82, 2.24) is 4.72 Å². The Balaban J connectivity index is 2.08. The van der Waals surface area contributed by atoms with Crippen molar-refractivity contribution < 1.29 is 17.9 Å². The van der Waals surface area contributed by atoms with Crippen molar-refractivity contribution in [2.75, 3.05) is 25.1 Å². The van der Waals surface area contributed by atoms with Crippen LogP contribution >= 0.6 is 0 Å². The molecule has 1 amide bonds. The highest BCUT2D eigenvalue weighted by molar-refractivity contribution is 7.89. The van der Waals surface area contributed by atoms with Gasteiger partial charge in [-0.25, -0.2) is 13.1 Å². The van der Waals surface area contributed by atoms with Gasteiger partial charge in [-0.1, -0.05) is 0 Å². The molecule has 1 heterocycles. The first-order valence-electron chi connectivity index (χ1n) is 6.82. The molecular formula is C14H20N2O4S. The average Bonchev–Trinajstić information content (AvgIpc) is 2.70. The van der Waals surface area contributed by atoms with Gasteiger partial charge in [0, 0.05) is 19.3 Å². The van der Waals surface area contributed by atoms with Gasteiger partial charge in [0.05, 0.1) is 24.0 Å². The molecule has 1 aromatic rings. The zero-order valence-corrected chi connectivity index (χ0v) is 13.2. The molecule has 0 radical (unpaired) electrons. The normalized spacial score (nSPS) is 14.9. The summed E-state index contributed by atoms with van der Waals surface area (Å²) in [6, 6.07) is 4.74. The van der Waals surface area contributed by atoms with Gasteiger partial charge in [-0.05, 0) is 37.6 Å². The molecule has 0 saturated heterocycles. The molecule has 0 aromatic heterocycles. The smallest absolute Gasteiger partial charge is 0.240 e. The summed E-state index contributed by atoms with van der Waals surface area (Å²) in [5, 5.41) is 0. The third-order valence-corrected chi connectivity index (χ3v) is 4.74. The predicted octanol–water partition coefficient (Wildman–Crippen LogP) is 0.909. The molecule has 1 N–H and O–H groups in total. The maximum absolute atomic E-state index is 12.2. The maximum atomic E-state index is 12.2. The summed E-state index contributed by atoms with van der Waals surface area (Å²) in [6.45, 7) is 4.32. The van der Waals surface area contributed by atoms with Crippen molar-refractivity contribution in [2.45, 2.75) is 31.3 Å². The Hall–Kier alpha value is -1.44. The van der Waals surface area contributed by atoms with Crippen LogP contribution in [0.4, 0.5) is 5.69 Å². The van der Waals surface area contributed by atoms with Gasteiger partial charge in [-0.3, -0.25) is 4.79 Å². The summed E-state index contributed by atoms with van der Waals surface area (Å²) >= 11 is 0. The molecule has 0 bridgehead atoms. The molecule has 0 spiro atoms. The van der Waals surface area contributed by atoms with E-state index in [0.717, 1.165) is 11.3 Å². The number of ether oxygens (including phenoxy) is 1. The molecule has 1 aliphatic rings. The van der Waals surface area contributed by atoms with Gasteiger partial charge in [0.15, 0.2) is 0 Å². The van der Waals surface area contributed by atoms with Crippen LogP contribution in [-0.4, -0.2) is 40.6 Å². The molecule has 2 rings (SSSR count). The van der Waals surface area contributed by atoms with E-state index in [-0.39, 0.29) is 29.9 Å². The number of hydrogen-bond donors (Lipinski definition) is 1. The highest BCUT2D eigenvalue weighted by Crippen LogP contribution is 2.29. The number of hydrogen-bond acceptors (Lipinski definition) is 4. The van der Waals surface area contributed by atoms with Gasteiger partial charge in [0.1, 0.15) is 0 Å². The van der Waals surface area contributed by atoms with Crippen molar-refractivity contribution >= 4 is 21.6 Å². The number of likely N-dealkylation sites (N-methyl/N-ethyl adjacent to an activating group) is 1. The van der Waals surface area contributed by atoms with Crippen molar-refractivity contribution in [3.05, 3.63) is 23.8 Å². The Morgan fingerprint density at radius 2 is 2.10 bits per heavy atom. The molecule has 0 fully saturated rings. The van der Waals surface area contributed by atoms with Crippen molar-refractivity contribution in [3.8, 4) is 0 Å². The van der Waals surface area contributed by atoms with E-state index in [1.807, 2.05) is 13.8 Å². The van der Waals surface area contributed by atoms with Gasteiger partial charge in [0.25, 0.3) is 0 Å². The number of carbonyl (C=O) groups is 1. The lowest BCUT2D eigenvalue weighted by Crippen LogP contribution is -2.28. The van der Waals surface area contributed by atoms with E-state index in [0.29, 0.717) is 6.61 Å². The van der Waals surface area contributed by atoms with E-state index in [1.165, 1.54) is 11.0 Å². The molecule has 0 saturated carbocycles. The molecule has 1 aromatic carbocycles. The lowest BCUT2D eigenvalue weighted by atomic mass is 10.2. The number of carbonyl (C=O) groups excluding carboxylic acids is 1. The van der Waals surface area contributed by atoms with Crippen LogP contribution in [0.1, 0.15) is 19.4 Å². The van der Waals surface area contributed by atoms with Gasteiger partial charge in [0.2, 0.25) is 15.9 Å². The molecule has 116 valence electrons. The zero-order valence-electron chi connectivity index (χ0n) is 12.4. The lowest BCUT2D eigenvalue weighted by Gasteiger charge is -2.12. The molecule has 0 unspecified atom stereocenters. The number of sulfonamides is 1. The summed E-state index contributed by atoms with van der Waals surface area (Å²) in [5.74, 6) is -0.0298. The van der Waals surface area contributed by atoms with Gasteiger partial charge < -0.3 is 9.64 Å². The molecular weight excluding hydrogens is 292 g/mol. The van der Waals surface area contributed by atoms with Crippen LogP contribution in [0.2, 0.25) is 0 Å². The third-order valence-electron chi connectivity index (χ3n) is 3.28. The van der Waals surface area contributed by atoms with Crippen LogP contribution in [0.25, 0.3) is 0 Å². The van der Waals surface area contributed by atoms with Crippen molar-refractivity contribution in [1.29, 1.82) is 0 Å².